The Balaban J connectivity index is 1.57. The fraction of sp³-hybridized carbons (Fsp3) is 0.435. The van der Waals surface area contributed by atoms with E-state index in [1.807, 2.05) is 24.3 Å². The Morgan fingerprint density at radius 1 is 1.03 bits per heavy atom. The number of hydrogen-bond donors (Lipinski definition) is 1. The highest BCUT2D eigenvalue weighted by Gasteiger charge is 2.27. The molecule has 174 valence electrons. The van der Waals surface area contributed by atoms with Gasteiger partial charge in [-0.3, -0.25) is 4.79 Å². The summed E-state index contributed by atoms with van der Waals surface area (Å²) in [7, 11) is -0.455. The Labute approximate surface area is 189 Å². The number of methoxy groups -OCH3 is 2. The maximum absolute atomic E-state index is 12.9. The molecule has 0 bridgehead atoms. The van der Waals surface area contributed by atoms with Gasteiger partial charge in [0, 0.05) is 26.1 Å². The first-order valence-corrected chi connectivity index (χ1v) is 12.0. The SMILES string of the molecule is COc1ccc(CCNC(=O)CCc2cc(S(=O)(=O)N3CCOCC3)ccc2OC)cc1. The number of carbonyl (C=O) groups is 1. The molecule has 32 heavy (non-hydrogen) atoms. The van der Waals surface area contributed by atoms with Crippen molar-refractivity contribution < 1.29 is 27.4 Å². The number of benzene rings is 2. The molecule has 9 heteroatoms. The lowest BCUT2D eigenvalue weighted by molar-refractivity contribution is -0.121. The lowest BCUT2D eigenvalue weighted by Crippen LogP contribution is -2.40. The monoisotopic (exact) mass is 462 g/mol. The van der Waals surface area contributed by atoms with Gasteiger partial charge in [0.25, 0.3) is 0 Å². The van der Waals surface area contributed by atoms with Crippen molar-refractivity contribution in [2.45, 2.75) is 24.2 Å². The van der Waals surface area contributed by atoms with Gasteiger partial charge in [-0.25, -0.2) is 8.42 Å². The van der Waals surface area contributed by atoms with Crippen LogP contribution in [0.25, 0.3) is 0 Å². The molecule has 1 aliphatic rings. The maximum atomic E-state index is 12.9. The van der Waals surface area contributed by atoms with Crippen molar-refractivity contribution in [2.24, 2.45) is 0 Å². The number of morpholine rings is 1. The zero-order valence-corrected chi connectivity index (χ0v) is 19.3. The van der Waals surface area contributed by atoms with Crippen molar-refractivity contribution in [1.82, 2.24) is 9.62 Å². The van der Waals surface area contributed by atoms with Crippen LogP contribution < -0.4 is 14.8 Å². The number of carbonyl (C=O) groups excluding carboxylic acids is 1. The van der Waals surface area contributed by atoms with Crippen LogP contribution in [0.4, 0.5) is 0 Å². The van der Waals surface area contributed by atoms with Crippen LogP contribution in [0.5, 0.6) is 11.5 Å². The molecule has 1 heterocycles. The molecule has 3 rings (SSSR count). The minimum atomic E-state index is -3.61. The first-order chi connectivity index (χ1) is 15.4. The van der Waals surface area contributed by atoms with E-state index >= 15 is 0 Å². The summed E-state index contributed by atoms with van der Waals surface area (Å²) in [6, 6.07) is 12.5. The van der Waals surface area contributed by atoms with E-state index in [-0.39, 0.29) is 17.2 Å². The first kappa shape index (κ1) is 24.0. The van der Waals surface area contributed by atoms with E-state index in [4.69, 9.17) is 14.2 Å². The van der Waals surface area contributed by atoms with Crippen LogP contribution in [0.2, 0.25) is 0 Å². The van der Waals surface area contributed by atoms with Crippen LogP contribution in [0.15, 0.2) is 47.4 Å². The zero-order chi connectivity index (χ0) is 23.0. The smallest absolute Gasteiger partial charge is 0.243 e. The Bertz CT molecular complexity index is 1000. The van der Waals surface area contributed by atoms with E-state index in [0.29, 0.717) is 57.0 Å². The van der Waals surface area contributed by atoms with E-state index in [1.165, 1.54) is 11.4 Å². The second-order valence-corrected chi connectivity index (χ2v) is 9.38. The van der Waals surface area contributed by atoms with Gasteiger partial charge >= 0.3 is 0 Å². The number of aryl methyl sites for hydroxylation is 1. The quantitative estimate of drug-likeness (QED) is 0.581. The summed E-state index contributed by atoms with van der Waals surface area (Å²) in [5, 5.41) is 2.91. The first-order valence-electron chi connectivity index (χ1n) is 10.6. The second-order valence-electron chi connectivity index (χ2n) is 7.44. The molecule has 2 aromatic carbocycles. The van der Waals surface area contributed by atoms with Crippen LogP contribution in [0.3, 0.4) is 0 Å². The van der Waals surface area contributed by atoms with E-state index in [2.05, 4.69) is 5.32 Å². The number of nitrogens with zero attached hydrogens (tertiary/aromatic N) is 1. The molecule has 0 spiro atoms. The van der Waals surface area contributed by atoms with Crippen LogP contribution >= 0.6 is 0 Å². The lowest BCUT2D eigenvalue weighted by atomic mass is 10.1. The molecule has 1 saturated heterocycles. The summed E-state index contributed by atoms with van der Waals surface area (Å²) in [4.78, 5) is 12.5. The van der Waals surface area contributed by atoms with Crippen molar-refractivity contribution >= 4 is 15.9 Å². The van der Waals surface area contributed by atoms with Crippen molar-refractivity contribution in [3.8, 4) is 11.5 Å². The zero-order valence-electron chi connectivity index (χ0n) is 18.5. The van der Waals surface area contributed by atoms with Crippen molar-refractivity contribution in [2.75, 3.05) is 47.1 Å². The van der Waals surface area contributed by atoms with Gasteiger partial charge in [-0.15, -0.1) is 0 Å². The molecule has 0 aliphatic carbocycles. The van der Waals surface area contributed by atoms with E-state index in [0.717, 1.165) is 11.3 Å². The Morgan fingerprint density at radius 3 is 2.41 bits per heavy atom. The van der Waals surface area contributed by atoms with E-state index < -0.39 is 10.0 Å². The van der Waals surface area contributed by atoms with Gasteiger partial charge in [-0.05, 0) is 54.3 Å². The Kier molecular flexibility index (Phi) is 8.49. The van der Waals surface area contributed by atoms with Gasteiger partial charge < -0.3 is 19.5 Å². The highest BCUT2D eigenvalue weighted by molar-refractivity contribution is 7.89. The molecule has 0 aromatic heterocycles. The topological polar surface area (TPSA) is 94.2 Å². The summed E-state index contributed by atoms with van der Waals surface area (Å²) >= 11 is 0. The summed E-state index contributed by atoms with van der Waals surface area (Å²) in [5.41, 5.74) is 1.79. The second kappa shape index (κ2) is 11.3. The van der Waals surface area contributed by atoms with Crippen LogP contribution in [0.1, 0.15) is 17.5 Å². The minimum Gasteiger partial charge on any atom is -0.497 e. The largest absolute Gasteiger partial charge is 0.497 e. The van der Waals surface area contributed by atoms with Crippen LogP contribution in [-0.4, -0.2) is 65.7 Å². The number of hydrogen-bond acceptors (Lipinski definition) is 6. The molecule has 1 aliphatic heterocycles. The number of amides is 1. The molecule has 1 amide bonds. The standard InChI is InChI=1S/C23H30N2O6S/c1-29-20-6-3-18(4-7-20)11-12-24-23(26)10-5-19-17-21(8-9-22(19)30-2)32(27,28)25-13-15-31-16-14-25/h3-4,6-9,17H,5,10-16H2,1-2H3,(H,24,26). The van der Waals surface area contributed by atoms with Crippen molar-refractivity contribution in [3.05, 3.63) is 53.6 Å². The molecule has 0 radical (unpaired) electrons. The molecular formula is C23H30N2O6S. The molecule has 8 nitrogen and oxygen atoms in total. The third kappa shape index (κ3) is 6.21. The number of ether oxygens (including phenoxy) is 3. The fourth-order valence-corrected chi connectivity index (χ4v) is 4.98. The van der Waals surface area contributed by atoms with Gasteiger partial charge in [0.1, 0.15) is 11.5 Å². The highest BCUT2D eigenvalue weighted by atomic mass is 32.2. The number of sulfonamides is 1. The van der Waals surface area contributed by atoms with Crippen LogP contribution in [0, 0.1) is 0 Å². The van der Waals surface area contributed by atoms with Crippen molar-refractivity contribution in [1.29, 1.82) is 0 Å². The fourth-order valence-electron chi connectivity index (χ4n) is 3.52. The van der Waals surface area contributed by atoms with E-state index in [1.54, 1.807) is 25.3 Å². The molecule has 1 fully saturated rings. The third-order valence-corrected chi connectivity index (χ3v) is 7.27. The van der Waals surface area contributed by atoms with Gasteiger partial charge in [0.05, 0.1) is 32.3 Å². The predicted molar refractivity (Wildman–Crippen MR) is 121 cm³/mol. The third-order valence-electron chi connectivity index (χ3n) is 5.38. The average Bonchev–Trinajstić information content (AvgIpc) is 2.83. The number of rotatable bonds is 10. The molecule has 1 N–H and O–H groups in total. The average molecular weight is 463 g/mol. The lowest BCUT2D eigenvalue weighted by Gasteiger charge is -2.26. The van der Waals surface area contributed by atoms with Gasteiger partial charge in [0.2, 0.25) is 15.9 Å². The van der Waals surface area contributed by atoms with Gasteiger partial charge in [-0.1, -0.05) is 12.1 Å². The summed E-state index contributed by atoms with van der Waals surface area (Å²) in [6.45, 7) is 1.96. The van der Waals surface area contributed by atoms with E-state index in [9.17, 15) is 13.2 Å². The Morgan fingerprint density at radius 2 is 1.75 bits per heavy atom. The highest BCUT2D eigenvalue weighted by Crippen LogP contribution is 2.26. The van der Waals surface area contributed by atoms with Gasteiger partial charge in [0.15, 0.2) is 0 Å². The predicted octanol–water partition coefficient (Wildman–Crippen LogP) is 2.02. The minimum absolute atomic E-state index is 0.0954. The summed E-state index contributed by atoms with van der Waals surface area (Å²) in [6.07, 6.45) is 1.33. The maximum Gasteiger partial charge on any atom is 0.243 e. The molecule has 2 aromatic rings. The molecule has 0 unspecified atom stereocenters. The molecule has 0 saturated carbocycles. The summed E-state index contributed by atoms with van der Waals surface area (Å²) < 4.78 is 43.1. The Hall–Kier alpha value is -2.62. The molecular weight excluding hydrogens is 432 g/mol. The molecule has 0 atom stereocenters. The van der Waals surface area contributed by atoms with Gasteiger partial charge in [-0.2, -0.15) is 4.31 Å². The van der Waals surface area contributed by atoms with Crippen LogP contribution in [-0.2, 0) is 32.4 Å². The number of nitrogens with one attached hydrogen (secondary N) is 1. The normalized spacial score (nSPS) is 14.7. The summed E-state index contributed by atoms with van der Waals surface area (Å²) in [5.74, 6) is 1.27. The van der Waals surface area contributed by atoms with Crippen molar-refractivity contribution in [3.63, 3.8) is 0 Å².